The number of carbonyl (C=O) groups excluding carboxylic acids is 3. The van der Waals surface area contributed by atoms with E-state index in [-0.39, 0.29) is 23.7 Å². The van der Waals surface area contributed by atoms with Crippen LogP contribution in [0.4, 0.5) is 5.69 Å². The van der Waals surface area contributed by atoms with E-state index in [0.29, 0.717) is 26.3 Å². The number of thiophene rings is 1. The molecule has 3 N–H and O–H groups in total. The number of nitrogens with one attached hydrogen (secondary N) is 3. The summed E-state index contributed by atoms with van der Waals surface area (Å²) < 4.78 is 6.07. The molecule has 184 valence electrons. The van der Waals surface area contributed by atoms with E-state index in [1.165, 1.54) is 22.7 Å². The fourth-order valence-electron chi connectivity index (χ4n) is 3.49. The van der Waals surface area contributed by atoms with Crippen molar-refractivity contribution in [2.24, 2.45) is 0 Å². The standard InChI is InChI=1S/C24H25ClN4O4S2/c1-24(2,3)33-23(32)14-6-4-5-13(11-27-20(30)16-7-8-18(25)34-16)19(14)29-21(31)22-28-15-9-10-26-12-17(15)35-22/h4-8,26H,9-12H2,1-3H3,(H,27,30)(H,29,31). The summed E-state index contributed by atoms with van der Waals surface area (Å²) in [4.78, 5) is 44.7. The molecule has 11 heteroatoms. The Labute approximate surface area is 216 Å². The van der Waals surface area contributed by atoms with Crippen LogP contribution in [0.1, 0.15) is 66.7 Å². The number of thiazole rings is 1. The van der Waals surface area contributed by atoms with E-state index >= 15 is 0 Å². The monoisotopic (exact) mass is 532 g/mol. The lowest BCUT2D eigenvalue weighted by atomic mass is 10.1. The SMILES string of the molecule is CC(C)(C)OC(=O)c1cccc(CNC(=O)c2ccc(Cl)s2)c1NC(=O)c1nc2c(s1)CNCC2. The number of esters is 1. The predicted octanol–water partition coefficient (Wildman–Crippen LogP) is 4.64. The Morgan fingerprint density at radius 2 is 1.94 bits per heavy atom. The number of carbonyl (C=O) groups is 3. The van der Waals surface area contributed by atoms with Gasteiger partial charge in [-0.1, -0.05) is 23.7 Å². The van der Waals surface area contributed by atoms with Crippen molar-refractivity contribution < 1.29 is 19.1 Å². The number of para-hydroxylation sites is 1. The van der Waals surface area contributed by atoms with Crippen LogP contribution in [0.15, 0.2) is 30.3 Å². The molecule has 1 aromatic carbocycles. The Bertz CT molecular complexity index is 1260. The highest BCUT2D eigenvalue weighted by atomic mass is 35.5. The van der Waals surface area contributed by atoms with Crippen LogP contribution in [0, 0.1) is 0 Å². The molecule has 0 saturated heterocycles. The number of amides is 2. The Morgan fingerprint density at radius 3 is 2.63 bits per heavy atom. The lowest BCUT2D eigenvalue weighted by Crippen LogP contribution is -2.27. The maximum absolute atomic E-state index is 13.2. The smallest absolute Gasteiger partial charge is 0.340 e. The third-order valence-corrected chi connectivity index (χ3v) is 7.37. The van der Waals surface area contributed by atoms with Crippen molar-refractivity contribution in [3.8, 4) is 0 Å². The van der Waals surface area contributed by atoms with Crippen molar-refractivity contribution in [2.45, 2.75) is 45.9 Å². The minimum Gasteiger partial charge on any atom is -0.456 e. The molecule has 0 unspecified atom stereocenters. The van der Waals surface area contributed by atoms with Gasteiger partial charge in [-0.15, -0.1) is 22.7 Å². The average molecular weight is 533 g/mol. The number of hydrogen-bond acceptors (Lipinski definition) is 8. The number of fused-ring (bicyclic) bond motifs is 1. The molecule has 8 nitrogen and oxygen atoms in total. The van der Waals surface area contributed by atoms with Crippen molar-refractivity contribution in [1.29, 1.82) is 0 Å². The van der Waals surface area contributed by atoms with Gasteiger partial charge < -0.3 is 20.7 Å². The zero-order valence-electron chi connectivity index (χ0n) is 19.5. The number of nitrogens with zero attached hydrogens (tertiary/aromatic N) is 1. The summed E-state index contributed by atoms with van der Waals surface area (Å²) in [6.45, 7) is 6.89. The number of benzene rings is 1. The topological polar surface area (TPSA) is 109 Å². The van der Waals surface area contributed by atoms with Gasteiger partial charge in [-0.3, -0.25) is 9.59 Å². The van der Waals surface area contributed by atoms with Gasteiger partial charge in [-0.2, -0.15) is 0 Å². The van der Waals surface area contributed by atoms with Crippen molar-refractivity contribution in [2.75, 3.05) is 11.9 Å². The first-order chi connectivity index (χ1) is 16.6. The second kappa shape index (κ2) is 10.4. The van der Waals surface area contributed by atoms with Gasteiger partial charge in [0.25, 0.3) is 11.8 Å². The molecule has 0 bridgehead atoms. The maximum atomic E-state index is 13.2. The molecule has 0 saturated carbocycles. The summed E-state index contributed by atoms with van der Waals surface area (Å²) in [5.74, 6) is -1.30. The first-order valence-corrected chi connectivity index (χ1v) is 13.0. The third kappa shape index (κ3) is 6.26. The van der Waals surface area contributed by atoms with Crippen LogP contribution in [0.25, 0.3) is 0 Å². The van der Waals surface area contributed by atoms with Crippen LogP contribution in [0.5, 0.6) is 0 Å². The molecule has 2 aromatic heterocycles. The van der Waals surface area contributed by atoms with Gasteiger partial charge in [0, 0.05) is 30.9 Å². The van der Waals surface area contributed by atoms with Crippen molar-refractivity contribution in [3.05, 3.63) is 66.3 Å². The molecule has 0 aliphatic carbocycles. The first kappa shape index (κ1) is 25.3. The normalized spacial score (nSPS) is 13.1. The molecule has 2 amide bonds. The number of ether oxygens (including phenoxy) is 1. The van der Waals surface area contributed by atoms with E-state index in [1.54, 1.807) is 51.1 Å². The Hall–Kier alpha value is -2.79. The molecule has 35 heavy (non-hydrogen) atoms. The van der Waals surface area contributed by atoms with E-state index in [9.17, 15) is 14.4 Å². The summed E-state index contributed by atoms with van der Waals surface area (Å²) in [6.07, 6.45) is 0.762. The van der Waals surface area contributed by atoms with E-state index in [0.717, 1.165) is 23.5 Å². The van der Waals surface area contributed by atoms with Gasteiger partial charge in [-0.25, -0.2) is 9.78 Å². The van der Waals surface area contributed by atoms with Gasteiger partial charge >= 0.3 is 5.97 Å². The number of rotatable bonds is 6. The number of halogens is 1. The van der Waals surface area contributed by atoms with Gasteiger partial charge in [-0.05, 0) is 44.5 Å². The van der Waals surface area contributed by atoms with Crippen molar-refractivity contribution in [3.63, 3.8) is 0 Å². The van der Waals surface area contributed by atoms with Crippen LogP contribution in [-0.4, -0.2) is 34.9 Å². The molecule has 0 fully saturated rings. The van der Waals surface area contributed by atoms with E-state index in [1.807, 2.05) is 0 Å². The zero-order chi connectivity index (χ0) is 25.2. The second-order valence-corrected chi connectivity index (χ2v) is 11.7. The fourth-order valence-corrected chi connectivity index (χ4v) is 5.42. The van der Waals surface area contributed by atoms with Crippen molar-refractivity contribution in [1.82, 2.24) is 15.6 Å². The van der Waals surface area contributed by atoms with Gasteiger partial charge in [0.15, 0.2) is 5.01 Å². The summed E-state index contributed by atoms with van der Waals surface area (Å²) in [5, 5.41) is 9.27. The minimum atomic E-state index is -0.720. The quantitative estimate of drug-likeness (QED) is 0.399. The summed E-state index contributed by atoms with van der Waals surface area (Å²) >= 11 is 8.44. The molecule has 0 atom stereocenters. The number of hydrogen-bond donors (Lipinski definition) is 3. The maximum Gasteiger partial charge on any atom is 0.340 e. The van der Waals surface area contributed by atoms with Gasteiger partial charge in [0.05, 0.1) is 26.2 Å². The van der Waals surface area contributed by atoms with Crippen LogP contribution < -0.4 is 16.0 Å². The average Bonchev–Trinajstić information content (AvgIpc) is 3.43. The Balaban J connectivity index is 1.62. The predicted molar refractivity (Wildman–Crippen MR) is 138 cm³/mol. The fraction of sp³-hybridized carbons (Fsp3) is 0.333. The molecule has 0 radical (unpaired) electrons. The van der Waals surface area contributed by atoms with Crippen LogP contribution in [0.3, 0.4) is 0 Å². The van der Waals surface area contributed by atoms with Crippen LogP contribution in [-0.2, 0) is 24.2 Å². The Kier molecular flexibility index (Phi) is 7.56. The van der Waals surface area contributed by atoms with Crippen molar-refractivity contribution >= 4 is 57.7 Å². The van der Waals surface area contributed by atoms with E-state index in [4.69, 9.17) is 16.3 Å². The highest BCUT2D eigenvalue weighted by Gasteiger charge is 2.25. The molecule has 1 aliphatic heterocycles. The molecule has 3 heterocycles. The minimum absolute atomic E-state index is 0.0822. The molecule has 3 aromatic rings. The van der Waals surface area contributed by atoms with Crippen LogP contribution in [0.2, 0.25) is 4.34 Å². The summed E-state index contributed by atoms with van der Waals surface area (Å²) in [5.41, 5.74) is 1.23. The lowest BCUT2D eigenvalue weighted by Gasteiger charge is -2.21. The van der Waals surface area contributed by atoms with Crippen LogP contribution >= 0.6 is 34.3 Å². The molecule has 4 rings (SSSR count). The molecular formula is C24H25ClN4O4S2. The molecular weight excluding hydrogens is 508 g/mol. The third-order valence-electron chi connectivity index (χ3n) is 5.04. The largest absolute Gasteiger partial charge is 0.456 e. The van der Waals surface area contributed by atoms with E-state index < -0.39 is 17.5 Å². The summed E-state index contributed by atoms with van der Waals surface area (Å²) in [7, 11) is 0. The van der Waals surface area contributed by atoms with E-state index in [2.05, 4.69) is 20.9 Å². The number of aromatic nitrogens is 1. The summed E-state index contributed by atoms with van der Waals surface area (Å²) in [6, 6.07) is 8.30. The Morgan fingerprint density at radius 1 is 1.14 bits per heavy atom. The first-order valence-electron chi connectivity index (χ1n) is 11.0. The highest BCUT2D eigenvalue weighted by Crippen LogP contribution is 2.28. The molecule has 0 spiro atoms. The highest BCUT2D eigenvalue weighted by molar-refractivity contribution is 7.18. The number of anilines is 1. The molecule has 1 aliphatic rings. The van der Waals surface area contributed by atoms with Gasteiger partial charge in [0.1, 0.15) is 5.60 Å². The second-order valence-electron chi connectivity index (χ2n) is 8.90. The lowest BCUT2D eigenvalue weighted by molar-refractivity contribution is 0.00706. The zero-order valence-corrected chi connectivity index (χ0v) is 21.9. The van der Waals surface area contributed by atoms with Gasteiger partial charge in [0.2, 0.25) is 0 Å².